The van der Waals surface area contributed by atoms with Crippen molar-refractivity contribution in [3.05, 3.63) is 47.5 Å². The van der Waals surface area contributed by atoms with Crippen LogP contribution >= 0.6 is 0 Å². The van der Waals surface area contributed by atoms with E-state index < -0.39 is 17.4 Å². The summed E-state index contributed by atoms with van der Waals surface area (Å²) in [7, 11) is 0. The van der Waals surface area contributed by atoms with Crippen molar-refractivity contribution in [2.75, 3.05) is 10.2 Å². The highest BCUT2D eigenvalue weighted by Gasteiger charge is 2.59. The molecule has 0 aliphatic carbocycles. The Morgan fingerprint density at radius 3 is 2.27 bits per heavy atom. The number of aromatic hydroxyl groups is 2. The van der Waals surface area contributed by atoms with Gasteiger partial charge in [-0.2, -0.15) is 0 Å². The Hall–Kier alpha value is -3.02. The zero-order valence-corrected chi connectivity index (χ0v) is 15.2. The van der Waals surface area contributed by atoms with E-state index in [9.17, 15) is 19.8 Å². The lowest BCUT2D eigenvalue weighted by molar-refractivity contribution is -0.143. The minimum absolute atomic E-state index is 0.0441. The molecule has 0 spiro atoms. The first-order valence-electron chi connectivity index (χ1n) is 8.36. The molecule has 2 aromatic rings. The van der Waals surface area contributed by atoms with E-state index in [2.05, 4.69) is 5.32 Å². The molecule has 0 aromatic heterocycles. The Labute approximate surface area is 152 Å². The molecule has 1 aliphatic rings. The fourth-order valence-electron chi connectivity index (χ4n) is 3.27. The van der Waals surface area contributed by atoms with Crippen molar-refractivity contribution in [3.63, 3.8) is 0 Å². The smallest absolute Gasteiger partial charge is 0.248 e. The molecule has 136 valence electrons. The number of amides is 2. The molecule has 2 aromatic carbocycles. The van der Waals surface area contributed by atoms with E-state index in [0.717, 1.165) is 11.1 Å². The SMILES string of the molecule is Cc1ccc(O)c(NC(=O)C2N(c3cc(C)ccc3O)C(=O)C2(C)C)c1. The number of hydrogen-bond acceptors (Lipinski definition) is 4. The first-order chi connectivity index (χ1) is 12.1. The van der Waals surface area contributed by atoms with Gasteiger partial charge in [0.2, 0.25) is 11.8 Å². The monoisotopic (exact) mass is 354 g/mol. The Morgan fingerprint density at radius 1 is 1.04 bits per heavy atom. The lowest BCUT2D eigenvalue weighted by atomic mass is 9.72. The summed E-state index contributed by atoms with van der Waals surface area (Å²) in [5, 5.41) is 22.8. The standard InChI is InChI=1S/C20H22N2O4/c1-11-5-7-15(23)13(9-11)21-18(25)17-20(3,4)19(26)22(17)14-10-12(2)6-8-16(14)24/h5-10,17,23-24H,1-4H3,(H,21,25). The summed E-state index contributed by atoms with van der Waals surface area (Å²) < 4.78 is 0. The van der Waals surface area contributed by atoms with Gasteiger partial charge in [-0.3, -0.25) is 14.5 Å². The number of rotatable bonds is 3. The van der Waals surface area contributed by atoms with Gasteiger partial charge in [-0.15, -0.1) is 0 Å². The maximum atomic E-state index is 12.9. The fraction of sp³-hybridized carbons (Fsp3) is 0.300. The van der Waals surface area contributed by atoms with Gasteiger partial charge in [0, 0.05) is 0 Å². The van der Waals surface area contributed by atoms with Crippen LogP contribution < -0.4 is 10.2 Å². The Kier molecular flexibility index (Phi) is 4.14. The van der Waals surface area contributed by atoms with Crippen molar-refractivity contribution >= 4 is 23.2 Å². The minimum atomic E-state index is -0.917. The maximum Gasteiger partial charge on any atom is 0.248 e. The molecule has 2 amide bonds. The van der Waals surface area contributed by atoms with Gasteiger partial charge in [-0.25, -0.2) is 0 Å². The molecule has 1 fully saturated rings. The van der Waals surface area contributed by atoms with Crippen molar-refractivity contribution < 1.29 is 19.8 Å². The molecule has 6 nitrogen and oxygen atoms in total. The molecule has 1 unspecified atom stereocenters. The van der Waals surface area contributed by atoms with Crippen LogP contribution in [0.3, 0.4) is 0 Å². The van der Waals surface area contributed by atoms with Gasteiger partial charge in [0.15, 0.2) is 0 Å². The summed E-state index contributed by atoms with van der Waals surface area (Å²) >= 11 is 0. The van der Waals surface area contributed by atoms with E-state index in [4.69, 9.17) is 0 Å². The number of nitrogens with one attached hydrogen (secondary N) is 1. The van der Waals surface area contributed by atoms with Crippen LogP contribution in [0.4, 0.5) is 11.4 Å². The highest BCUT2D eigenvalue weighted by atomic mass is 16.3. The second-order valence-electron chi connectivity index (χ2n) is 7.30. The number of phenols is 2. The normalized spacial score (nSPS) is 18.4. The van der Waals surface area contributed by atoms with Crippen molar-refractivity contribution in [3.8, 4) is 11.5 Å². The summed E-state index contributed by atoms with van der Waals surface area (Å²) in [4.78, 5) is 26.8. The predicted molar refractivity (Wildman–Crippen MR) is 99.4 cm³/mol. The van der Waals surface area contributed by atoms with Gasteiger partial charge in [0.1, 0.15) is 17.5 Å². The van der Waals surface area contributed by atoms with Crippen LogP contribution in [-0.4, -0.2) is 28.1 Å². The summed E-state index contributed by atoms with van der Waals surface area (Å²) in [6, 6.07) is 9.01. The van der Waals surface area contributed by atoms with Gasteiger partial charge in [0.25, 0.3) is 0 Å². The molecule has 1 heterocycles. The van der Waals surface area contributed by atoms with Gasteiger partial charge in [-0.1, -0.05) is 12.1 Å². The lowest BCUT2D eigenvalue weighted by Crippen LogP contribution is -2.71. The first kappa shape index (κ1) is 17.8. The number of hydrogen-bond donors (Lipinski definition) is 3. The number of nitrogens with zero attached hydrogens (tertiary/aromatic N) is 1. The van der Waals surface area contributed by atoms with Gasteiger partial charge >= 0.3 is 0 Å². The highest BCUT2D eigenvalue weighted by molar-refractivity contribution is 6.17. The first-order valence-corrected chi connectivity index (χ1v) is 8.36. The highest BCUT2D eigenvalue weighted by Crippen LogP contribution is 2.45. The number of carbonyl (C=O) groups is 2. The Bertz CT molecular complexity index is 905. The van der Waals surface area contributed by atoms with E-state index >= 15 is 0 Å². The molecule has 1 aliphatic heterocycles. The topological polar surface area (TPSA) is 89.9 Å². The molecule has 3 rings (SSSR count). The minimum Gasteiger partial charge on any atom is -0.506 e. The van der Waals surface area contributed by atoms with Gasteiger partial charge in [0.05, 0.1) is 16.8 Å². The second-order valence-corrected chi connectivity index (χ2v) is 7.30. The third-order valence-corrected chi connectivity index (χ3v) is 4.76. The third-order valence-electron chi connectivity index (χ3n) is 4.76. The number of aryl methyl sites for hydroxylation is 2. The molecular weight excluding hydrogens is 332 g/mol. The van der Waals surface area contributed by atoms with E-state index in [-0.39, 0.29) is 17.4 Å². The summed E-state index contributed by atoms with van der Waals surface area (Å²) in [6.07, 6.45) is 0. The zero-order chi connectivity index (χ0) is 19.2. The van der Waals surface area contributed by atoms with E-state index in [1.54, 1.807) is 38.1 Å². The van der Waals surface area contributed by atoms with E-state index in [1.807, 2.05) is 13.8 Å². The van der Waals surface area contributed by atoms with Crippen LogP contribution in [0.25, 0.3) is 0 Å². The van der Waals surface area contributed by atoms with Crippen molar-refractivity contribution in [1.82, 2.24) is 0 Å². The van der Waals surface area contributed by atoms with Crippen LogP contribution in [0.5, 0.6) is 11.5 Å². The van der Waals surface area contributed by atoms with Crippen molar-refractivity contribution in [2.24, 2.45) is 5.41 Å². The molecule has 1 atom stereocenters. The van der Waals surface area contributed by atoms with Crippen LogP contribution in [0.1, 0.15) is 25.0 Å². The lowest BCUT2D eigenvalue weighted by Gasteiger charge is -2.51. The molecule has 0 radical (unpaired) electrons. The Morgan fingerprint density at radius 2 is 1.62 bits per heavy atom. The van der Waals surface area contributed by atoms with Crippen LogP contribution in [0, 0.1) is 19.3 Å². The van der Waals surface area contributed by atoms with E-state index in [0.29, 0.717) is 11.4 Å². The van der Waals surface area contributed by atoms with Crippen LogP contribution in [0.15, 0.2) is 36.4 Å². The maximum absolute atomic E-state index is 12.9. The van der Waals surface area contributed by atoms with Crippen molar-refractivity contribution in [1.29, 1.82) is 0 Å². The largest absolute Gasteiger partial charge is 0.506 e. The molecule has 6 heteroatoms. The molecule has 1 saturated heterocycles. The van der Waals surface area contributed by atoms with E-state index in [1.165, 1.54) is 17.0 Å². The molecular formula is C20H22N2O4. The average molecular weight is 354 g/mol. The predicted octanol–water partition coefficient (Wildman–Crippen LogP) is 3.09. The second kappa shape index (κ2) is 6.05. The summed E-state index contributed by atoms with van der Waals surface area (Å²) in [5.41, 5.74) is 1.43. The van der Waals surface area contributed by atoms with Crippen LogP contribution in [0.2, 0.25) is 0 Å². The average Bonchev–Trinajstić information content (AvgIpc) is 2.57. The summed E-state index contributed by atoms with van der Waals surface area (Å²) in [6.45, 7) is 7.08. The zero-order valence-electron chi connectivity index (χ0n) is 15.2. The molecule has 26 heavy (non-hydrogen) atoms. The number of anilines is 2. The van der Waals surface area contributed by atoms with Crippen LogP contribution in [-0.2, 0) is 9.59 Å². The van der Waals surface area contributed by atoms with Gasteiger partial charge < -0.3 is 15.5 Å². The van der Waals surface area contributed by atoms with Crippen molar-refractivity contribution in [2.45, 2.75) is 33.7 Å². The summed E-state index contributed by atoms with van der Waals surface area (Å²) in [5.74, 6) is -0.767. The number of phenolic OH excluding ortho intramolecular Hbond substituents is 2. The number of carbonyl (C=O) groups excluding carboxylic acids is 2. The Balaban J connectivity index is 1.95. The molecule has 3 N–H and O–H groups in total. The molecule has 0 saturated carbocycles. The molecule has 0 bridgehead atoms. The third kappa shape index (κ3) is 2.77. The number of benzene rings is 2. The quantitative estimate of drug-likeness (QED) is 0.584. The van der Waals surface area contributed by atoms with Gasteiger partial charge in [-0.05, 0) is 63.1 Å². The number of β-lactam (4-membered cyclic amide) rings is 1. The fourth-order valence-corrected chi connectivity index (χ4v) is 3.27.